The van der Waals surface area contributed by atoms with Crippen LogP contribution in [0.15, 0.2) is 73.3 Å². The van der Waals surface area contributed by atoms with Crippen LogP contribution in [0.3, 0.4) is 0 Å². The molecule has 0 bridgehead atoms. The molecule has 0 unspecified atom stereocenters. The van der Waals surface area contributed by atoms with Crippen molar-refractivity contribution in [3.63, 3.8) is 0 Å². The smallest absolute Gasteiger partial charge is 0.222 e. The van der Waals surface area contributed by atoms with Gasteiger partial charge >= 0.3 is 0 Å². The molecule has 2 aliphatic rings. The largest absolute Gasteiger partial charge is 0.351 e. The van der Waals surface area contributed by atoms with Gasteiger partial charge in [-0.2, -0.15) is 0 Å². The summed E-state index contributed by atoms with van der Waals surface area (Å²) in [7, 11) is 0. The maximum Gasteiger partial charge on any atom is 0.222 e. The van der Waals surface area contributed by atoms with Crippen LogP contribution in [0.25, 0.3) is 16.8 Å². The Labute approximate surface area is 198 Å². The summed E-state index contributed by atoms with van der Waals surface area (Å²) >= 11 is 0. The van der Waals surface area contributed by atoms with Gasteiger partial charge in [0, 0.05) is 31.1 Å². The van der Waals surface area contributed by atoms with E-state index in [2.05, 4.69) is 49.0 Å². The fraction of sp³-hybridized carbons (Fsp3) is 0.370. The number of rotatable bonds is 5. The van der Waals surface area contributed by atoms with Gasteiger partial charge in [-0.25, -0.2) is 19.3 Å². The number of hydrogen-bond acceptors (Lipinski definition) is 5. The Morgan fingerprint density at radius 1 is 0.912 bits per heavy atom. The molecular formula is C27H29FN6. The van der Waals surface area contributed by atoms with Crippen molar-refractivity contribution in [2.75, 3.05) is 18.4 Å². The molecule has 3 atom stereocenters. The predicted octanol–water partition coefficient (Wildman–Crippen LogP) is 5.09. The second-order valence-corrected chi connectivity index (χ2v) is 9.43. The van der Waals surface area contributed by atoms with Crippen molar-refractivity contribution < 1.29 is 4.39 Å². The van der Waals surface area contributed by atoms with Crippen molar-refractivity contribution in [3.05, 3.63) is 79.0 Å². The van der Waals surface area contributed by atoms with E-state index in [1.165, 1.54) is 0 Å². The number of nitrogens with one attached hydrogen (secondary N) is 1. The van der Waals surface area contributed by atoms with Crippen molar-refractivity contribution in [3.8, 4) is 11.1 Å². The molecular weight excluding hydrogens is 427 g/mol. The molecule has 6 nitrogen and oxygen atoms in total. The summed E-state index contributed by atoms with van der Waals surface area (Å²) < 4.78 is 18.6. The minimum atomic E-state index is -1.03. The van der Waals surface area contributed by atoms with Crippen molar-refractivity contribution in [1.29, 1.82) is 0 Å². The minimum Gasteiger partial charge on any atom is -0.351 e. The van der Waals surface area contributed by atoms with Gasteiger partial charge in [0.05, 0.1) is 17.4 Å². The number of fused-ring (bicyclic) bond motifs is 1. The van der Waals surface area contributed by atoms with Gasteiger partial charge in [-0.3, -0.25) is 4.90 Å². The first-order valence-corrected chi connectivity index (χ1v) is 12.2. The number of halogens is 1. The van der Waals surface area contributed by atoms with Crippen LogP contribution in [-0.2, 0) is 5.54 Å². The van der Waals surface area contributed by atoms with Gasteiger partial charge in [0.25, 0.3) is 0 Å². The van der Waals surface area contributed by atoms with Gasteiger partial charge in [-0.15, -0.1) is 0 Å². The Bertz CT molecular complexity index is 1250. The summed E-state index contributed by atoms with van der Waals surface area (Å²) in [5, 5.41) is 3.35. The van der Waals surface area contributed by atoms with E-state index in [-0.39, 0.29) is 6.04 Å². The quantitative estimate of drug-likeness (QED) is 0.454. The van der Waals surface area contributed by atoms with Crippen LogP contribution in [0.5, 0.6) is 0 Å². The number of anilines is 1. The highest BCUT2D eigenvalue weighted by molar-refractivity contribution is 5.65. The molecule has 1 N–H and O–H groups in total. The van der Waals surface area contributed by atoms with Crippen molar-refractivity contribution in [1.82, 2.24) is 24.3 Å². The summed E-state index contributed by atoms with van der Waals surface area (Å²) in [6.07, 6.45) is 10.6. The van der Waals surface area contributed by atoms with Crippen molar-refractivity contribution >= 4 is 11.6 Å². The zero-order valence-electron chi connectivity index (χ0n) is 19.1. The van der Waals surface area contributed by atoms with Crippen molar-refractivity contribution in [2.45, 2.75) is 49.9 Å². The minimum absolute atomic E-state index is 0.00666. The first-order chi connectivity index (χ1) is 16.7. The highest BCUT2D eigenvalue weighted by Crippen LogP contribution is 2.46. The van der Waals surface area contributed by atoms with E-state index in [0.29, 0.717) is 12.4 Å². The van der Waals surface area contributed by atoms with E-state index >= 15 is 4.39 Å². The molecule has 0 radical (unpaired) electrons. The molecule has 1 aliphatic heterocycles. The topological polar surface area (TPSA) is 58.4 Å². The molecule has 4 heterocycles. The Balaban J connectivity index is 1.38. The molecule has 6 rings (SSSR count). The summed E-state index contributed by atoms with van der Waals surface area (Å²) in [5.74, 6) is 0.565. The third-order valence-electron chi connectivity index (χ3n) is 7.51. The van der Waals surface area contributed by atoms with Gasteiger partial charge in [-0.1, -0.05) is 30.3 Å². The fourth-order valence-electron chi connectivity index (χ4n) is 5.83. The standard InChI is InChI=1S/C27H29FN6/c28-23-17-22(32-26-29-13-6-14-30-26)11-12-27(23,33-15-4-5-16-33)24-18-31-25-10-9-21(19-34(24)25)20-7-2-1-3-8-20/h1-3,6-10,13-14,18-19,22-23H,4-5,11-12,15-17H2,(H,29,30,32)/t22-,23-,27+/m1/s1. The number of pyridine rings is 1. The molecule has 0 spiro atoms. The van der Waals surface area contributed by atoms with E-state index in [1.54, 1.807) is 18.5 Å². The Kier molecular flexibility index (Phi) is 5.49. The Morgan fingerprint density at radius 2 is 1.71 bits per heavy atom. The molecule has 1 aliphatic carbocycles. The van der Waals surface area contributed by atoms with Crippen LogP contribution in [0, 0.1) is 0 Å². The Morgan fingerprint density at radius 3 is 2.47 bits per heavy atom. The Hall–Kier alpha value is -3.32. The van der Waals surface area contributed by atoms with Crippen LogP contribution in [0.1, 0.15) is 37.8 Å². The van der Waals surface area contributed by atoms with E-state index in [1.807, 2.05) is 30.5 Å². The number of imidazole rings is 1. The number of hydrogen-bond donors (Lipinski definition) is 1. The fourth-order valence-corrected chi connectivity index (χ4v) is 5.83. The monoisotopic (exact) mass is 456 g/mol. The first-order valence-electron chi connectivity index (χ1n) is 12.2. The molecule has 1 saturated carbocycles. The lowest BCUT2D eigenvalue weighted by atomic mass is 9.74. The highest BCUT2D eigenvalue weighted by atomic mass is 19.1. The second kappa shape index (κ2) is 8.80. The van der Waals surface area contributed by atoms with Crippen LogP contribution >= 0.6 is 0 Å². The lowest BCUT2D eigenvalue weighted by Gasteiger charge is -2.48. The summed E-state index contributed by atoms with van der Waals surface area (Å²) in [4.78, 5) is 15.6. The molecule has 4 aromatic rings. The highest BCUT2D eigenvalue weighted by Gasteiger charge is 2.52. The molecule has 1 aromatic carbocycles. The number of nitrogens with zero attached hydrogens (tertiary/aromatic N) is 5. The zero-order chi connectivity index (χ0) is 23.0. The van der Waals surface area contributed by atoms with Gasteiger partial charge in [0.15, 0.2) is 0 Å². The average molecular weight is 457 g/mol. The van der Waals surface area contributed by atoms with E-state index < -0.39 is 11.7 Å². The lowest BCUT2D eigenvalue weighted by molar-refractivity contribution is -0.0157. The summed E-state index contributed by atoms with van der Waals surface area (Å²) in [6.45, 7) is 1.85. The molecule has 0 amide bonds. The van der Waals surface area contributed by atoms with E-state index in [4.69, 9.17) is 4.98 Å². The summed E-state index contributed by atoms with van der Waals surface area (Å²) in [6, 6.07) is 16.2. The molecule has 7 heteroatoms. The molecule has 1 saturated heterocycles. The lowest BCUT2D eigenvalue weighted by Crippen LogP contribution is -2.56. The van der Waals surface area contributed by atoms with Crippen molar-refractivity contribution in [2.24, 2.45) is 0 Å². The number of likely N-dealkylation sites (tertiary alicyclic amines) is 1. The van der Waals surface area contributed by atoms with E-state index in [0.717, 1.165) is 61.2 Å². The van der Waals surface area contributed by atoms with Gasteiger partial charge in [0.2, 0.25) is 5.95 Å². The predicted molar refractivity (Wildman–Crippen MR) is 131 cm³/mol. The van der Waals surface area contributed by atoms with Crippen LogP contribution in [0.2, 0.25) is 0 Å². The zero-order valence-corrected chi connectivity index (χ0v) is 19.1. The molecule has 2 fully saturated rings. The van der Waals surface area contributed by atoms with Gasteiger partial charge < -0.3 is 9.72 Å². The SMILES string of the molecule is F[C@@H]1C[C@H](Nc2ncccn2)CC[C@]1(c1cnc2ccc(-c3ccccc3)cn12)N1CCCC1. The van der Waals surface area contributed by atoms with Gasteiger partial charge in [-0.05, 0) is 68.1 Å². The maximum atomic E-state index is 16.5. The second-order valence-electron chi connectivity index (χ2n) is 9.43. The third-order valence-corrected chi connectivity index (χ3v) is 7.51. The first kappa shape index (κ1) is 21.2. The normalized spacial score (nSPS) is 25.6. The maximum absolute atomic E-state index is 16.5. The number of alkyl halides is 1. The molecule has 174 valence electrons. The number of aromatic nitrogens is 4. The molecule has 34 heavy (non-hydrogen) atoms. The van der Waals surface area contributed by atoms with Gasteiger partial charge in [0.1, 0.15) is 11.8 Å². The van der Waals surface area contributed by atoms with E-state index in [9.17, 15) is 0 Å². The van der Waals surface area contributed by atoms with Crippen LogP contribution in [-0.4, -0.2) is 49.6 Å². The molecule has 3 aromatic heterocycles. The number of benzene rings is 1. The average Bonchev–Trinajstić information content (AvgIpc) is 3.57. The summed E-state index contributed by atoms with van der Waals surface area (Å²) in [5.41, 5.74) is 3.39. The third kappa shape index (κ3) is 3.64. The van der Waals surface area contributed by atoms with Crippen LogP contribution < -0.4 is 5.32 Å². The van der Waals surface area contributed by atoms with Crippen LogP contribution in [0.4, 0.5) is 10.3 Å².